The van der Waals surface area contributed by atoms with Crippen molar-refractivity contribution in [3.05, 3.63) is 11.6 Å². The van der Waals surface area contributed by atoms with Crippen LogP contribution in [0, 0.1) is 18.8 Å². The Kier molecular flexibility index (Phi) is 8.30. The summed E-state index contributed by atoms with van der Waals surface area (Å²) >= 11 is 0. The van der Waals surface area contributed by atoms with E-state index >= 15 is 0 Å². The molecule has 1 unspecified atom stereocenters. The molecule has 27 heavy (non-hydrogen) atoms. The van der Waals surface area contributed by atoms with Crippen molar-refractivity contribution in [3.63, 3.8) is 0 Å². The molecule has 0 saturated carbocycles. The van der Waals surface area contributed by atoms with E-state index in [4.69, 9.17) is 4.74 Å². The number of carbonyl (C=O) groups is 1. The molecule has 0 amide bonds. The Morgan fingerprint density at radius 2 is 2.04 bits per heavy atom. The lowest BCUT2D eigenvalue weighted by Gasteiger charge is -2.34. The number of piperidine rings is 1. The summed E-state index contributed by atoms with van der Waals surface area (Å²) in [4.78, 5) is 18.6. The van der Waals surface area contributed by atoms with Gasteiger partial charge in [0.1, 0.15) is 11.6 Å². The van der Waals surface area contributed by atoms with Crippen LogP contribution in [0.25, 0.3) is 0 Å². The standard InChI is InChI=1S/C18H30N6O2.HI/c1-4-26-17(25)15-7-9-23(10-8-15)18(19-3)20-11-14-5-6-16-22-21-13(2)24(16)12-14;/h14-15H,4-12H2,1-3H3,(H,19,20);1H. The number of ether oxygens (including phenoxy) is 1. The maximum atomic E-state index is 11.9. The van der Waals surface area contributed by atoms with Gasteiger partial charge in [-0.25, -0.2) is 0 Å². The van der Waals surface area contributed by atoms with Gasteiger partial charge in [-0.3, -0.25) is 9.79 Å². The van der Waals surface area contributed by atoms with Crippen molar-refractivity contribution in [2.45, 2.75) is 46.1 Å². The van der Waals surface area contributed by atoms with Crippen LogP contribution in [-0.4, -0.2) is 64.9 Å². The van der Waals surface area contributed by atoms with Crippen LogP contribution < -0.4 is 5.32 Å². The Labute approximate surface area is 178 Å². The Hall–Kier alpha value is -1.39. The second kappa shape index (κ2) is 10.2. The maximum absolute atomic E-state index is 11.9. The van der Waals surface area contributed by atoms with E-state index in [1.54, 1.807) is 0 Å². The van der Waals surface area contributed by atoms with Crippen LogP contribution in [0.5, 0.6) is 0 Å². The molecule has 152 valence electrons. The van der Waals surface area contributed by atoms with Crippen molar-refractivity contribution in [2.24, 2.45) is 16.8 Å². The molecule has 2 aliphatic rings. The quantitative estimate of drug-likeness (QED) is 0.299. The highest BCUT2D eigenvalue weighted by atomic mass is 127. The van der Waals surface area contributed by atoms with Gasteiger partial charge in [0.15, 0.2) is 5.96 Å². The number of aliphatic imine (C=N–C) groups is 1. The molecule has 1 atom stereocenters. The highest BCUT2D eigenvalue weighted by molar-refractivity contribution is 14.0. The molecule has 0 aromatic carbocycles. The van der Waals surface area contributed by atoms with Crippen molar-refractivity contribution < 1.29 is 9.53 Å². The van der Waals surface area contributed by atoms with E-state index in [0.29, 0.717) is 12.5 Å². The van der Waals surface area contributed by atoms with Crippen molar-refractivity contribution in [3.8, 4) is 0 Å². The predicted octanol–water partition coefficient (Wildman–Crippen LogP) is 1.62. The van der Waals surface area contributed by atoms with E-state index < -0.39 is 0 Å². The fraction of sp³-hybridized carbons (Fsp3) is 0.778. The van der Waals surface area contributed by atoms with Gasteiger partial charge in [-0.2, -0.15) is 0 Å². The molecule has 0 aliphatic carbocycles. The third kappa shape index (κ3) is 5.32. The molecule has 1 aromatic heterocycles. The van der Waals surface area contributed by atoms with Gasteiger partial charge in [-0.05, 0) is 39.0 Å². The topological polar surface area (TPSA) is 84.6 Å². The number of fused-ring (bicyclic) bond motifs is 1. The van der Waals surface area contributed by atoms with Crippen LogP contribution in [-0.2, 0) is 22.5 Å². The number of esters is 1. The first-order valence-corrected chi connectivity index (χ1v) is 9.63. The summed E-state index contributed by atoms with van der Waals surface area (Å²) in [5.41, 5.74) is 0. The number of rotatable bonds is 4. The Morgan fingerprint density at radius 1 is 1.30 bits per heavy atom. The Balaban J connectivity index is 0.00000261. The Morgan fingerprint density at radius 3 is 2.70 bits per heavy atom. The molecule has 1 saturated heterocycles. The maximum Gasteiger partial charge on any atom is 0.309 e. The zero-order valence-electron chi connectivity index (χ0n) is 16.5. The summed E-state index contributed by atoms with van der Waals surface area (Å²) < 4.78 is 7.37. The summed E-state index contributed by atoms with van der Waals surface area (Å²) in [6.07, 6.45) is 3.75. The first-order valence-electron chi connectivity index (χ1n) is 9.63. The Bertz CT molecular complexity index is 654. The zero-order chi connectivity index (χ0) is 18.5. The van der Waals surface area contributed by atoms with E-state index in [9.17, 15) is 4.79 Å². The summed E-state index contributed by atoms with van der Waals surface area (Å²) in [5, 5.41) is 11.9. The van der Waals surface area contributed by atoms with E-state index in [0.717, 1.165) is 69.5 Å². The average molecular weight is 490 g/mol. The van der Waals surface area contributed by atoms with E-state index in [-0.39, 0.29) is 35.9 Å². The second-order valence-electron chi connectivity index (χ2n) is 7.12. The van der Waals surface area contributed by atoms with Crippen molar-refractivity contribution in [2.75, 3.05) is 33.3 Å². The number of nitrogens with zero attached hydrogens (tertiary/aromatic N) is 5. The van der Waals surface area contributed by atoms with Gasteiger partial charge in [-0.15, -0.1) is 34.2 Å². The monoisotopic (exact) mass is 490 g/mol. The van der Waals surface area contributed by atoms with Gasteiger partial charge in [0.05, 0.1) is 12.5 Å². The molecule has 1 fully saturated rings. The SMILES string of the molecule is CCOC(=O)C1CCN(C(=NC)NCC2CCc3nnc(C)n3C2)CC1.I. The number of carbonyl (C=O) groups excluding carboxylic acids is 1. The number of aryl methyl sites for hydroxylation is 2. The van der Waals surface area contributed by atoms with Crippen molar-refractivity contribution in [1.82, 2.24) is 25.0 Å². The lowest BCUT2D eigenvalue weighted by Crippen LogP contribution is -2.48. The van der Waals surface area contributed by atoms with Crippen LogP contribution in [0.15, 0.2) is 4.99 Å². The molecule has 8 nitrogen and oxygen atoms in total. The largest absolute Gasteiger partial charge is 0.466 e. The molecular formula is C18H31IN6O2. The summed E-state index contributed by atoms with van der Waals surface area (Å²) in [6.45, 7) is 7.85. The normalized spacial score (nSPS) is 20.6. The summed E-state index contributed by atoms with van der Waals surface area (Å²) in [7, 11) is 1.82. The average Bonchev–Trinajstić information content (AvgIpc) is 3.03. The van der Waals surface area contributed by atoms with Crippen molar-refractivity contribution in [1.29, 1.82) is 0 Å². The van der Waals surface area contributed by atoms with Gasteiger partial charge < -0.3 is 19.5 Å². The van der Waals surface area contributed by atoms with E-state index in [2.05, 4.69) is 30.0 Å². The summed E-state index contributed by atoms with van der Waals surface area (Å²) in [5.74, 6) is 3.54. The molecule has 3 heterocycles. The van der Waals surface area contributed by atoms with E-state index in [1.807, 2.05) is 20.9 Å². The molecule has 0 bridgehead atoms. The minimum Gasteiger partial charge on any atom is -0.466 e. The zero-order valence-corrected chi connectivity index (χ0v) is 18.8. The third-order valence-corrected chi connectivity index (χ3v) is 5.40. The van der Waals surface area contributed by atoms with Crippen LogP contribution in [0.1, 0.15) is 37.8 Å². The first-order chi connectivity index (χ1) is 12.6. The number of hydrogen-bond acceptors (Lipinski definition) is 5. The molecule has 1 N–H and O–H groups in total. The number of aromatic nitrogens is 3. The van der Waals surface area contributed by atoms with Gasteiger partial charge in [0.25, 0.3) is 0 Å². The highest BCUT2D eigenvalue weighted by Crippen LogP contribution is 2.21. The third-order valence-electron chi connectivity index (χ3n) is 5.40. The highest BCUT2D eigenvalue weighted by Gasteiger charge is 2.28. The minimum absolute atomic E-state index is 0. The second-order valence-corrected chi connectivity index (χ2v) is 7.12. The van der Waals surface area contributed by atoms with Gasteiger partial charge in [0.2, 0.25) is 0 Å². The molecular weight excluding hydrogens is 459 g/mol. The number of guanidine groups is 1. The predicted molar refractivity (Wildman–Crippen MR) is 114 cm³/mol. The van der Waals surface area contributed by atoms with Gasteiger partial charge in [-0.1, -0.05) is 0 Å². The minimum atomic E-state index is -0.0579. The lowest BCUT2D eigenvalue weighted by atomic mass is 9.97. The summed E-state index contributed by atoms with van der Waals surface area (Å²) in [6, 6.07) is 0. The van der Waals surface area contributed by atoms with Crippen LogP contribution in [0.4, 0.5) is 0 Å². The number of nitrogens with one attached hydrogen (secondary N) is 1. The first kappa shape index (κ1) is 21.9. The van der Waals surface area contributed by atoms with Crippen LogP contribution in [0.3, 0.4) is 0 Å². The van der Waals surface area contributed by atoms with Gasteiger partial charge >= 0.3 is 5.97 Å². The van der Waals surface area contributed by atoms with Crippen LogP contribution in [0.2, 0.25) is 0 Å². The number of halogens is 1. The fourth-order valence-corrected chi connectivity index (χ4v) is 3.85. The van der Waals surface area contributed by atoms with Crippen LogP contribution >= 0.6 is 24.0 Å². The molecule has 9 heteroatoms. The van der Waals surface area contributed by atoms with Gasteiger partial charge in [0, 0.05) is 39.6 Å². The molecule has 0 radical (unpaired) electrons. The number of likely N-dealkylation sites (tertiary alicyclic amines) is 1. The molecule has 3 rings (SSSR count). The fourth-order valence-electron chi connectivity index (χ4n) is 3.85. The van der Waals surface area contributed by atoms with Crippen molar-refractivity contribution >= 4 is 35.9 Å². The molecule has 1 aromatic rings. The van der Waals surface area contributed by atoms with E-state index in [1.165, 1.54) is 0 Å². The molecule has 0 spiro atoms. The lowest BCUT2D eigenvalue weighted by molar-refractivity contribution is -0.149. The molecule has 2 aliphatic heterocycles. The number of hydrogen-bond donors (Lipinski definition) is 1. The smallest absolute Gasteiger partial charge is 0.309 e.